The molecule has 1 heterocycles. The van der Waals surface area contributed by atoms with Gasteiger partial charge in [0.2, 0.25) is 17.7 Å². The number of carboxylic acids is 2. The number of amides is 3. The molecule has 0 aromatic rings. The van der Waals surface area contributed by atoms with Crippen molar-refractivity contribution in [1.29, 1.82) is 0 Å². The molecule has 4 atom stereocenters. The number of likely N-dealkylation sites (tertiary alicyclic amines) is 1. The molecule has 0 radical (unpaired) electrons. The molecule has 0 aromatic carbocycles. The van der Waals surface area contributed by atoms with Crippen molar-refractivity contribution in [2.75, 3.05) is 6.54 Å². The first-order valence-electron chi connectivity index (χ1n) is 10.0. The van der Waals surface area contributed by atoms with E-state index in [4.69, 9.17) is 15.9 Å². The predicted molar refractivity (Wildman–Crippen MR) is 106 cm³/mol. The highest BCUT2D eigenvalue weighted by Crippen LogP contribution is 2.20. The molecule has 0 aromatic heterocycles. The van der Waals surface area contributed by atoms with Gasteiger partial charge in [0.15, 0.2) is 0 Å². The smallest absolute Gasteiger partial charge is 0.325 e. The molecule has 1 aliphatic heterocycles. The van der Waals surface area contributed by atoms with E-state index >= 15 is 0 Å². The van der Waals surface area contributed by atoms with Crippen LogP contribution in [0.4, 0.5) is 0 Å². The second kappa shape index (κ2) is 11.5. The zero-order valence-corrected chi connectivity index (χ0v) is 17.6. The lowest BCUT2D eigenvalue weighted by atomic mass is 10.0. The van der Waals surface area contributed by atoms with Gasteiger partial charge in [-0.15, -0.1) is 0 Å². The maximum atomic E-state index is 12.8. The molecule has 6 N–H and O–H groups in total. The molecule has 1 aliphatic rings. The van der Waals surface area contributed by atoms with Gasteiger partial charge in [-0.05, 0) is 38.5 Å². The van der Waals surface area contributed by atoms with Crippen LogP contribution in [0.15, 0.2) is 0 Å². The standard InChI is InChI=1S/C19H32N4O7/c1-10(2)9-12(20)18(28)23-8-4-5-14(23)17(27)22-13(6-7-15(24)25)16(26)21-11(3)19(29)30/h10-14H,4-9,20H2,1-3H3,(H,21,26)(H,22,27)(H,24,25)(H,29,30). The molecule has 0 aliphatic carbocycles. The van der Waals surface area contributed by atoms with Crippen LogP contribution in [-0.2, 0) is 24.0 Å². The molecular weight excluding hydrogens is 396 g/mol. The minimum atomic E-state index is -1.27. The van der Waals surface area contributed by atoms with E-state index in [2.05, 4.69) is 10.6 Å². The summed E-state index contributed by atoms with van der Waals surface area (Å²) in [5.41, 5.74) is 5.97. The molecule has 11 heteroatoms. The van der Waals surface area contributed by atoms with Crippen molar-refractivity contribution in [2.45, 2.75) is 77.0 Å². The third kappa shape index (κ3) is 7.62. The fourth-order valence-electron chi connectivity index (χ4n) is 3.31. The van der Waals surface area contributed by atoms with Crippen molar-refractivity contribution >= 4 is 29.7 Å². The summed E-state index contributed by atoms with van der Waals surface area (Å²) in [6, 6.07) is -3.99. The Labute approximate surface area is 175 Å². The highest BCUT2D eigenvalue weighted by molar-refractivity contribution is 5.94. The third-order valence-corrected chi connectivity index (χ3v) is 4.89. The lowest BCUT2D eigenvalue weighted by Crippen LogP contribution is -2.56. The SMILES string of the molecule is CC(C)CC(N)C(=O)N1CCCC1C(=O)NC(CCC(=O)O)C(=O)NC(C)C(=O)O. The maximum absolute atomic E-state index is 12.8. The molecule has 3 amide bonds. The molecular formula is C19H32N4O7. The summed E-state index contributed by atoms with van der Waals surface area (Å²) in [4.78, 5) is 61.1. The van der Waals surface area contributed by atoms with Crippen molar-refractivity contribution in [1.82, 2.24) is 15.5 Å². The molecule has 0 saturated carbocycles. The van der Waals surface area contributed by atoms with Crippen LogP contribution >= 0.6 is 0 Å². The number of nitrogens with zero attached hydrogens (tertiary/aromatic N) is 1. The Morgan fingerprint density at radius 3 is 2.27 bits per heavy atom. The molecule has 0 bridgehead atoms. The predicted octanol–water partition coefficient (Wildman–Crippen LogP) is -0.710. The van der Waals surface area contributed by atoms with Crippen molar-refractivity contribution in [3.63, 3.8) is 0 Å². The number of nitrogens with two attached hydrogens (primary N) is 1. The summed E-state index contributed by atoms with van der Waals surface area (Å²) < 4.78 is 0. The van der Waals surface area contributed by atoms with E-state index in [1.807, 2.05) is 13.8 Å². The molecule has 4 unspecified atom stereocenters. The summed E-state index contributed by atoms with van der Waals surface area (Å²) in [6.07, 6.45) is 0.852. The number of carbonyl (C=O) groups is 5. The van der Waals surface area contributed by atoms with Crippen LogP contribution in [0.5, 0.6) is 0 Å². The van der Waals surface area contributed by atoms with Gasteiger partial charge in [-0.2, -0.15) is 0 Å². The van der Waals surface area contributed by atoms with Crippen LogP contribution in [0, 0.1) is 5.92 Å². The van der Waals surface area contributed by atoms with E-state index in [1.54, 1.807) is 0 Å². The molecule has 1 fully saturated rings. The second-order valence-electron chi connectivity index (χ2n) is 7.99. The molecule has 170 valence electrons. The van der Waals surface area contributed by atoms with Crippen molar-refractivity contribution in [2.24, 2.45) is 11.7 Å². The van der Waals surface area contributed by atoms with Gasteiger partial charge >= 0.3 is 11.9 Å². The molecule has 11 nitrogen and oxygen atoms in total. The fraction of sp³-hybridized carbons (Fsp3) is 0.737. The van der Waals surface area contributed by atoms with Crippen LogP contribution in [0.25, 0.3) is 0 Å². The summed E-state index contributed by atoms with van der Waals surface area (Å²) in [6.45, 7) is 5.49. The van der Waals surface area contributed by atoms with Crippen LogP contribution in [-0.4, -0.2) is 75.5 Å². The van der Waals surface area contributed by atoms with Crippen LogP contribution in [0.3, 0.4) is 0 Å². The molecule has 0 spiro atoms. The maximum Gasteiger partial charge on any atom is 0.325 e. The number of carbonyl (C=O) groups excluding carboxylic acids is 3. The zero-order valence-electron chi connectivity index (χ0n) is 17.6. The van der Waals surface area contributed by atoms with E-state index in [1.165, 1.54) is 11.8 Å². The monoisotopic (exact) mass is 428 g/mol. The van der Waals surface area contributed by atoms with Crippen molar-refractivity contribution < 1.29 is 34.2 Å². The quantitative estimate of drug-likeness (QED) is 0.286. The van der Waals surface area contributed by atoms with Gasteiger partial charge in [0.25, 0.3) is 0 Å². The highest BCUT2D eigenvalue weighted by Gasteiger charge is 2.37. The van der Waals surface area contributed by atoms with E-state index in [0.29, 0.717) is 25.8 Å². The van der Waals surface area contributed by atoms with Crippen LogP contribution in [0.2, 0.25) is 0 Å². The minimum absolute atomic E-state index is 0.208. The Hall–Kier alpha value is -2.69. The van der Waals surface area contributed by atoms with Gasteiger partial charge in [0, 0.05) is 13.0 Å². The summed E-state index contributed by atoms with van der Waals surface area (Å²) in [5, 5.41) is 22.6. The van der Waals surface area contributed by atoms with Gasteiger partial charge in [-0.3, -0.25) is 24.0 Å². The summed E-state index contributed by atoms with van der Waals surface area (Å²) in [5.74, 6) is -3.95. The Kier molecular flexibility index (Phi) is 9.70. The lowest BCUT2D eigenvalue weighted by Gasteiger charge is -2.28. The van der Waals surface area contributed by atoms with Crippen molar-refractivity contribution in [3.05, 3.63) is 0 Å². The molecule has 1 rings (SSSR count). The number of aliphatic carboxylic acids is 2. The number of rotatable bonds is 11. The Balaban J connectivity index is 2.87. The van der Waals surface area contributed by atoms with Crippen LogP contribution in [0.1, 0.15) is 52.9 Å². The number of carboxylic acid groups (broad SMARTS) is 2. The normalized spacial score (nSPS) is 19.1. The average molecular weight is 428 g/mol. The van der Waals surface area contributed by atoms with Gasteiger partial charge in [-0.1, -0.05) is 13.8 Å². The van der Waals surface area contributed by atoms with Crippen LogP contribution < -0.4 is 16.4 Å². The number of hydrogen-bond acceptors (Lipinski definition) is 6. The van der Waals surface area contributed by atoms with Gasteiger partial charge < -0.3 is 31.5 Å². The van der Waals surface area contributed by atoms with E-state index in [0.717, 1.165) is 0 Å². The van der Waals surface area contributed by atoms with E-state index in [9.17, 15) is 24.0 Å². The number of nitrogens with one attached hydrogen (secondary N) is 2. The highest BCUT2D eigenvalue weighted by atomic mass is 16.4. The first-order valence-corrected chi connectivity index (χ1v) is 10.0. The number of hydrogen-bond donors (Lipinski definition) is 5. The van der Waals surface area contributed by atoms with Gasteiger partial charge in [-0.25, -0.2) is 0 Å². The van der Waals surface area contributed by atoms with Gasteiger partial charge in [0.05, 0.1) is 6.04 Å². The zero-order chi connectivity index (χ0) is 23.0. The average Bonchev–Trinajstić information content (AvgIpc) is 3.13. The third-order valence-electron chi connectivity index (χ3n) is 4.89. The molecule has 1 saturated heterocycles. The van der Waals surface area contributed by atoms with Gasteiger partial charge in [0.1, 0.15) is 18.1 Å². The largest absolute Gasteiger partial charge is 0.481 e. The Bertz CT molecular complexity index is 667. The summed E-state index contributed by atoms with van der Waals surface area (Å²) in [7, 11) is 0. The second-order valence-corrected chi connectivity index (χ2v) is 7.99. The first kappa shape index (κ1) is 25.3. The first-order chi connectivity index (χ1) is 13.9. The Morgan fingerprint density at radius 2 is 1.73 bits per heavy atom. The topological polar surface area (TPSA) is 179 Å². The minimum Gasteiger partial charge on any atom is -0.481 e. The lowest BCUT2D eigenvalue weighted by molar-refractivity contribution is -0.143. The van der Waals surface area contributed by atoms with E-state index < -0.39 is 54.3 Å². The van der Waals surface area contributed by atoms with Crippen molar-refractivity contribution in [3.8, 4) is 0 Å². The van der Waals surface area contributed by atoms with E-state index in [-0.39, 0.29) is 18.2 Å². The summed E-state index contributed by atoms with van der Waals surface area (Å²) >= 11 is 0. The Morgan fingerprint density at radius 1 is 1.10 bits per heavy atom. The fourth-order valence-corrected chi connectivity index (χ4v) is 3.31. The molecule has 30 heavy (non-hydrogen) atoms.